The smallest absolute Gasteiger partial charge is 0.325 e. The molecule has 0 aliphatic heterocycles. The number of carboxylic acids is 1. The number of aromatic nitrogens is 2. The standard InChI is InChI=1S/C11H17N3O2/c1-8-5-6-12-14(8)7-11(2,10(15)16)13-9-3-4-9/h5-6,9,13H,3-4,7H2,1-2H3,(H,15,16). The lowest BCUT2D eigenvalue weighted by Crippen LogP contribution is -2.53. The van der Waals surface area contributed by atoms with E-state index in [9.17, 15) is 9.90 Å². The lowest BCUT2D eigenvalue weighted by atomic mass is 10.0. The fraction of sp³-hybridized carbons (Fsp3) is 0.636. The molecule has 0 bridgehead atoms. The highest BCUT2D eigenvalue weighted by Crippen LogP contribution is 2.23. The Morgan fingerprint density at radius 1 is 1.75 bits per heavy atom. The van der Waals surface area contributed by atoms with Gasteiger partial charge in [0.05, 0.1) is 6.54 Å². The molecule has 2 N–H and O–H groups in total. The van der Waals surface area contributed by atoms with Gasteiger partial charge in [0.2, 0.25) is 0 Å². The largest absolute Gasteiger partial charge is 0.480 e. The molecule has 1 unspecified atom stereocenters. The maximum absolute atomic E-state index is 11.3. The minimum Gasteiger partial charge on any atom is -0.480 e. The normalized spacial score (nSPS) is 19.4. The summed E-state index contributed by atoms with van der Waals surface area (Å²) in [6.45, 7) is 4.00. The van der Waals surface area contributed by atoms with E-state index in [-0.39, 0.29) is 0 Å². The molecule has 1 aliphatic rings. The van der Waals surface area contributed by atoms with Gasteiger partial charge in [0.25, 0.3) is 0 Å². The Bertz CT molecular complexity index is 398. The van der Waals surface area contributed by atoms with Gasteiger partial charge in [-0.05, 0) is 32.8 Å². The molecule has 5 nitrogen and oxygen atoms in total. The van der Waals surface area contributed by atoms with Crippen LogP contribution in [-0.4, -0.2) is 32.4 Å². The molecule has 1 heterocycles. The van der Waals surface area contributed by atoms with Crippen molar-refractivity contribution in [2.45, 2.75) is 44.8 Å². The third kappa shape index (κ3) is 2.24. The van der Waals surface area contributed by atoms with Crippen molar-refractivity contribution in [2.24, 2.45) is 0 Å². The molecule has 0 amide bonds. The van der Waals surface area contributed by atoms with Gasteiger partial charge in [-0.1, -0.05) is 0 Å². The number of nitrogens with one attached hydrogen (secondary N) is 1. The fourth-order valence-electron chi connectivity index (χ4n) is 1.72. The van der Waals surface area contributed by atoms with Crippen LogP contribution in [0.25, 0.3) is 0 Å². The summed E-state index contributed by atoms with van der Waals surface area (Å²) in [5.74, 6) is -0.825. The van der Waals surface area contributed by atoms with Crippen molar-refractivity contribution in [1.82, 2.24) is 15.1 Å². The monoisotopic (exact) mass is 223 g/mol. The quantitative estimate of drug-likeness (QED) is 0.774. The van der Waals surface area contributed by atoms with E-state index >= 15 is 0 Å². The molecule has 0 spiro atoms. The van der Waals surface area contributed by atoms with Crippen LogP contribution in [0.2, 0.25) is 0 Å². The maximum atomic E-state index is 11.3. The second-order valence-electron chi connectivity index (χ2n) is 4.69. The first-order valence-corrected chi connectivity index (χ1v) is 5.51. The second kappa shape index (κ2) is 3.90. The lowest BCUT2D eigenvalue weighted by molar-refractivity contribution is -0.145. The van der Waals surface area contributed by atoms with Crippen LogP contribution in [0.1, 0.15) is 25.5 Å². The molecule has 1 aromatic rings. The summed E-state index contributed by atoms with van der Waals surface area (Å²) in [6.07, 6.45) is 3.83. The Morgan fingerprint density at radius 2 is 2.44 bits per heavy atom. The Hall–Kier alpha value is -1.36. The topological polar surface area (TPSA) is 67.2 Å². The molecule has 1 fully saturated rings. The summed E-state index contributed by atoms with van der Waals surface area (Å²) in [4.78, 5) is 11.3. The molecule has 1 saturated carbocycles. The van der Waals surface area contributed by atoms with Gasteiger partial charge in [-0.2, -0.15) is 5.10 Å². The Kier molecular flexibility index (Phi) is 2.71. The molecular weight excluding hydrogens is 206 g/mol. The molecule has 0 saturated heterocycles. The molecule has 1 aromatic heterocycles. The Balaban J connectivity index is 2.13. The highest BCUT2D eigenvalue weighted by atomic mass is 16.4. The Labute approximate surface area is 94.5 Å². The summed E-state index contributed by atoms with van der Waals surface area (Å²) in [5.41, 5.74) is 0.0443. The van der Waals surface area contributed by atoms with Crippen molar-refractivity contribution < 1.29 is 9.90 Å². The van der Waals surface area contributed by atoms with Crippen molar-refractivity contribution in [3.63, 3.8) is 0 Å². The number of nitrogens with zero attached hydrogens (tertiary/aromatic N) is 2. The highest BCUT2D eigenvalue weighted by Gasteiger charge is 2.39. The van der Waals surface area contributed by atoms with Gasteiger partial charge in [0.15, 0.2) is 0 Å². The van der Waals surface area contributed by atoms with Crippen molar-refractivity contribution in [1.29, 1.82) is 0 Å². The summed E-state index contributed by atoms with van der Waals surface area (Å²) in [5, 5.41) is 16.6. The fourth-order valence-corrected chi connectivity index (χ4v) is 1.72. The maximum Gasteiger partial charge on any atom is 0.325 e. The van der Waals surface area contributed by atoms with Gasteiger partial charge in [-0.25, -0.2) is 0 Å². The van der Waals surface area contributed by atoms with Crippen LogP contribution >= 0.6 is 0 Å². The number of hydrogen-bond acceptors (Lipinski definition) is 3. The molecule has 1 atom stereocenters. The van der Waals surface area contributed by atoms with Crippen LogP contribution in [0.4, 0.5) is 0 Å². The van der Waals surface area contributed by atoms with Crippen LogP contribution in [0.3, 0.4) is 0 Å². The SMILES string of the molecule is Cc1ccnn1CC(C)(NC1CC1)C(=O)O. The number of rotatable bonds is 5. The second-order valence-corrected chi connectivity index (χ2v) is 4.69. The van der Waals surface area contributed by atoms with Crippen LogP contribution in [0, 0.1) is 6.92 Å². The molecule has 88 valence electrons. The number of carbonyl (C=O) groups is 1. The van der Waals surface area contributed by atoms with Crippen molar-refractivity contribution in [3.05, 3.63) is 18.0 Å². The van der Waals surface area contributed by atoms with Gasteiger partial charge in [0, 0.05) is 17.9 Å². The molecule has 0 aromatic carbocycles. The van der Waals surface area contributed by atoms with E-state index in [4.69, 9.17) is 0 Å². The minimum absolute atomic E-state index is 0.358. The third-order valence-corrected chi connectivity index (χ3v) is 2.97. The zero-order valence-electron chi connectivity index (χ0n) is 9.60. The van der Waals surface area contributed by atoms with E-state index in [0.717, 1.165) is 18.5 Å². The average molecular weight is 223 g/mol. The molecule has 1 aliphatic carbocycles. The van der Waals surface area contributed by atoms with Crippen molar-refractivity contribution in [3.8, 4) is 0 Å². The molecular formula is C11H17N3O2. The number of aryl methyl sites for hydroxylation is 1. The van der Waals surface area contributed by atoms with E-state index in [1.54, 1.807) is 17.8 Å². The van der Waals surface area contributed by atoms with E-state index in [2.05, 4.69) is 10.4 Å². The van der Waals surface area contributed by atoms with Crippen LogP contribution in [0.15, 0.2) is 12.3 Å². The van der Waals surface area contributed by atoms with Crippen LogP contribution < -0.4 is 5.32 Å². The molecule has 16 heavy (non-hydrogen) atoms. The van der Waals surface area contributed by atoms with Gasteiger partial charge in [0.1, 0.15) is 5.54 Å². The summed E-state index contributed by atoms with van der Waals surface area (Å²) < 4.78 is 1.73. The zero-order chi connectivity index (χ0) is 11.8. The predicted molar refractivity (Wildman–Crippen MR) is 59.2 cm³/mol. The minimum atomic E-state index is -0.933. The van der Waals surface area contributed by atoms with Gasteiger partial charge >= 0.3 is 5.97 Å². The van der Waals surface area contributed by atoms with Crippen LogP contribution in [0.5, 0.6) is 0 Å². The van der Waals surface area contributed by atoms with Crippen LogP contribution in [-0.2, 0) is 11.3 Å². The Morgan fingerprint density at radius 3 is 2.88 bits per heavy atom. The number of aliphatic carboxylic acids is 1. The van der Waals surface area contributed by atoms with Crippen molar-refractivity contribution in [2.75, 3.05) is 0 Å². The number of hydrogen-bond donors (Lipinski definition) is 2. The third-order valence-electron chi connectivity index (χ3n) is 2.97. The zero-order valence-corrected chi connectivity index (χ0v) is 9.60. The molecule has 5 heteroatoms. The molecule has 0 radical (unpaired) electrons. The van der Waals surface area contributed by atoms with E-state index in [1.807, 2.05) is 13.0 Å². The first-order chi connectivity index (χ1) is 7.51. The van der Waals surface area contributed by atoms with E-state index in [0.29, 0.717) is 12.6 Å². The summed E-state index contributed by atoms with van der Waals surface area (Å²) in [7, 11) is 0. The van der Waals surface area contributed by atoms with Crippen molar-refractivity contribution >= 4 is 5.97 Å². The first-order valence-electron chi connectivity index (χ1n) is 5.51. The van der Waals surface area contributed by atoms with Gasteiger partial charge in [-0.15, -0.1) is 0 Å². The first kappa shape index (κ1) is 11.1. The number of carboxylic acid groups (broad SMARTS) is 1. The predicted octanol–water partition coefficient (Wildman–Crippen LogP) is 0.787. The molecule has 2 rings (SSSR count). The average Bonchev–Trinajstić information content (AvgIpc) is 2.91. The summed E-state index contributed by atoms with van der Waals surface area (Å²) in [6, 6.07) is 2.23. The van der Waals surface area contributed by atoms with E-state index in [1.165, 1.54) is 0 Å². The van der Waals surface area contributed by atoms with Gasteiger partial charge in [-0.3, -0.25) is 14.8 Å². The van der Waals surface area contributed by atoms with E-state index < -0.39 is 11.5 Å². The highest BCUT2D eigenvalue weighted by molar-refractivity contribution is 5.78. The van der Waals surface area contributed by atoms with Gasteiger partial charge < -0.3 is 5.11 Å². The summed E-state index contributed by atoms with van der Waals surface area (Å²) >= 11 is 0. The lowest BCUT2D eigenvalue weighted by Gasteiger charge is -2.26.